The molecule has 0 nitrogen and oxygen atoms in total. The Bertz CT molecular complexity index is 344. The van der Waals surface area contributed by atoms with Crippen LogP contribution in [0.2, 0.25) is 0 Å². The molecule has 0 bridgehead atoms. The van der Waals surface area contributed by atoms with E-state index in [-0.39, 0.29) is 20.4 Å². The summed E-state index contributed by atoms with van der Waals surface area (Å²) < 4.78 is 0. The fourth-order valence-electron chi connectivity index (χ4n) is 2.35. The Morgan fingerprint density at radius 1 is 1.11 bits per heavy atom. The molecule has 1 aromatic carbocycles. The first kappa shape index (κ1) is 18.2. The van der Waals surface area contributed by atoms with Gasteiger partial charge in [-0.2, -0.15) is 0 Å². The monoisotopic (exact) mass is 428 g/mol. The van der Waals surface area contributed by atoms with Crippen LogP contribution in [0.25, 0.3) is 0 Å². The summed E-state index contributed by atoms with van der Waals surface area (Å²) >= 11 is 0. The minimum Gasteiger partial charge on any atom is -0.245 e. The Balaban J connectivity index is 0.00000324. The number of rotatable bonds is 8. The molecule has 1 aromatic rings. The van der Waals surface area contributed by atoms with E-state index in [1.54, 1.807) is 0 Å². The van der Waals surface area contributed by atoms with Crippen LogP contribution in [0.3, 0.4) is 0 Å². The molecule has 0 spiro atoms. The zero-order valence-corrected chi connectivity index (χ0v) is 14.8. The Morgan fingerprint density at radius 3 is 2.21 bits per heavy atom. The first-order chi connectivity index (χ1) is 8.67. The van der Waals surface area contributed by atoms with Gasteiger partial charge in [-0.1, -0.05) is 50.1 Å². The van der Waals surface area contributed by atoms with Crippen molar-refractivity contribution >= 4 is 0 Å². The summed E-state index contributed by atoms with van der Waals surface area (Å²) in [6.07, 6.45) is 9.41. The Morgan fingerprint density at radius 2 is 1.68 bits per heavy atom. The van der Waals surface area contributed by atoms with Crippen molar-refractivity contribution in [3.05, 3.63) is 67.1 Å². The molecule has 1 rings (SSSR count). The summed E-state index contributed by atoms with van der Waals surface area (Å²) in [5.41, 5.74) is 2.95. The SMILES string of the molecule is C=C[CH-]C(C)Cc1ccccc1CC(C)CC=C.[Re]. The molecule has 2 atom stereocenters. The maximum Gasteiger partial charge on any atom is 0 e. The smallest absolute Gasteiger partial charge is 0 e. The van der Waals surface area contributed by atoms with Gasteiger partial charge in [-0.05, 0) is 36.3 Å². The van der Waals surface area contributed by atoms with Gasteiger partial charge in [0.1, 0.15) is 0 Å². The van der Waals surface area contributed by atoms with Gasteiger partial charge in [0, 0.05) is 20.4 Å². The maximum absolute atomic E-state index is 3.82. The van der Waals surface area contributed by atoms with Gasteiger partial charge in [0.05, 0.1) is 0 Å². The average molecular weight is 428 g/mol. The van der Waals surface area contributed by atoms with E-state index in [9.17, 15) is 0 Å². The first-order valence-electron chi connectivity index (χ1n) is 6.81. The van der Waals surface area contributed by atoms with E-state index in [2.05, 4.69) is 57.7 Å². The number of benzene rings is 1. The normalized spacial score (nSPS) is 12.9. The second-order valence-corrected chi connectivity index (χ2v) is 5.21. The summed E-state index contributed by atoms with van der Waals surface area (Å²) in [5, 5.41) is 0. The van der Waals surface area contributed by atoms with E-state index in [1.165, 1.54) is 11.1 Å². The van der Waals surface area contributed by atoms with Crippen LogP contribution >= 0.6 is 0 Å². The first-order valence-corrected chi connectivity index (χ1v) is 6.81. The molecule has 0 heterocycles. The molecule has 0 aliphatic carbocycles. The van der Waals surface area contributed by atoms with Gasteiger partial charge in [0.25, 0.3) is 0 Å². The molecule has 1 radical (unpaired) electrons. The molecule has 105 valence electrons. The van der Waals surface area contributed by atoms with Crippen molar-refractivity contribution in [1.82, 2.24) is 0 Å². The summed E-state index contributed by atoms with van der Waals surface area (Å²) in [7, 11) is 0. The molecule has 1 heteroatoms. The molecule has 0 N–H and O–H groups in total. The Labute approximate surface area is 132 Å². The van der Waals surface area contributed by atoms with Gasteiger partial charge in [0.2, 0.25) is 0 Å². The van der Waals surface area contributed by atoms with Crippen LogP contribution < -0.4 is 0 Å². The Kier molecular flexibility index (Phi) is 9.66. The van der Waals surface area contributed by atoms with Crippen molar-refractivity contribution in [3.8, 4) is 0 Å². The summed E-state index contributed by atoms with van der Waals surface area (Å²) in [4.78, 5) is 0. The summed E-state index contributed by atoms with van der Waals surface area (Å²) in [6.45, 7) is 12.1. The van der Waals surface area contributed by atoms with Crippen LogP contribution in [0.1, 0.15) is 31.4 Å². The average Bonchev–Trinajstić information content (AvgIpc) is 2.32. The largest absolute Gasteiger partial charge is 0.245 e. The van der Waals surface area contributed by atoms with Crippen molar-refractivity contribution in [3.63, 3.8) is 0 Å². The zero-order valence-electron chi connectivity index (χ0n) is 12.1. The van der Waals surface area contributed by atoms with Gasteiger partial charge in [-0.3, -0.25) is 0 Å². The van der Waals surface area contributed by atoms with E-state index in [1.807, 2.05) is 12.2 Å². The van der Waals surface area contributed by atoms with Crippen molar-refractivity contribution in [2.45, 2.75) is 33.1 Å². The third-order valence-electron chi connectivity index (χ3n) is 3.26. The zero-order chi connectivity index (χ0) is 13.4. The van der Waals surface area contributed by atoms with Crippen LogP contribution in [0.5, 0.6) is 0 Å². The molecular formula is C18H25Re-. The van der Waals surface area contributed by atoms with Gasteiger partial charge >= 0.3 is 0 Å². The quantitative estimate of drug-likeness (QED) is 0.404. The van der Waals surface area contributed by atoms with Crippen LogP contribution in [0.4, 0.5) is 0 Å². The minimum absolute atomic E-state index is 0. The van der Waals surface area contributed by atoms with Crippen LogP contribution in [-0.2, 0) is 33.3 Å². The minimum atomic E-state index is 0. The summed E-state index contributed by atoms with van der Waals surface area (Å²) in [5.74, 6) is 1.22. The van der Waals surface area contributed by atoms with Gasteiger partial charge in [-0.25, -0.2) is 19.1 Å². The fraction of sp³-hybridized carbons (Fsp3) is 0.389. The van der Waals surface area contributed by atoms with Gasteiger partial charge < -0.3 is 0 Å². The second-order valence-electron chi connectivity index (χ2n) is 5.21. The second kappa shape index (κ2) is 10.1. The maximum atomic E-state index is 3.82. The molecule has 19 heavy (non-hydrogen) atoms. The van der Waals surface area contributed by atoms with Gasteiger partial charge in [-0.15, -0.1) is 6.58 Å². The third kappa shape index (κ3) is 6.81. The molecule has 0 amide bonds. The van der Waals surface area contributed by atoms with Crippen molar-refractivity contribution in [2.75, 3.05) is 0 Å². The number of allylic oxidation sites excluding steroid dienone is 2. The summed E-state index contributed by atoms with van der Waals surface area (Å²) in [6, 6.07) is 8.79. The topological polar surface area (TPSA) is 0 Å². The van der Waals surface area contributed by atoms with Crippen molar-refractivity contribution in [1.29, 1.82) is 0 Å². The molecular weight excluding hydrogens is 402 g/mol. The van der Waals surface area contributed by atoms with Crippen LogP contribution in [0, 0.1) is 18.3 Å². The predicted octanol–water partition coefficient (Wildman–Crippen LogP) is 5.01. The predicted molar refractivity (Wildman–Crippen MR) is 81.5 cm³/mol. The molecule has 0 aliphatic heterocycles. The van der Waals surface area contributed by atoms with Crippen LogP contribution in [-0.4, -0.2) is 0 Å². The van der Waals surface area contributed by atoms with E-state index in [4.69, 9.17) is 0 Å². The molecule has 2 unspecified atom stereocenters. The molecule has 0 saturated carbocycles. The van der Waals surface area contributed by atoms with Gasteiger partial charge in [0.15, 0.2) is 0 Å². The van der Waals surface area contributed by atoms with E-state index < -0.39 is 0 Å². The van der Waals surface area contributed by atoms with E-state index in [0.29, 0.717) is 11.8 Å². The molecule has 0 aromatic heterocycles. The van der Waals surface area contributed by atoms with Crippen molar-refractivity contribution < 1.29 is 20.4 Å². The molecule has 0 fully saturated rings. The van der Waals surface area contributed by atoms with E-state index in [0.717, 1.165) is 19.3 Å². The third-order valence-corrected chi connectivity index (χ3v) is 3.26. The van der Waals surface area contributed by atoms with E-state index >= 15 is 0 Å². The van der Waals surface area contributed by atoms with Crippen LogP contribution in [0.15, 0.2) is 49.6 Å². The molecule has 0 saturated heterocycles. The number of hydrogen-bond donors (Lipinski definition) is 0. The molecule has 0 aliphatic rings. The fourth-order valence-corrected chi connectivity index (χ4v) is 2.35. The number of hydrogen-bond acceptors (Lipinski definition) is 0. The standard InChI is InChI=1S/C18H25.Re/c1-5-9-15(3)13-17-11-7-8-12-18(17)14-16(4)10-6-2;/h5-9,11-12,15-16H,1-2,10,13-14H2,3-4H3;/q-1;. The Hall–Kier alpha value is -0.768. The van der Waals surface area contributed by atoms with Crippen molar-refractivity contribution in [2.24, 2.45) is 11.8 Å².